The Morgan fingerprint density at radius 3 is 2.78 bits per heavy atom. The molecule has 0 N–H and O–H groups in total. The predicted octanol–water partition coefficient (Wildman–Crippen LogP) is 3.77. The van der Waals surface area contributed by atoms with Crippen molar-refractivity contribution >= 4 is 5.91 Å². The number of hydrogen-bond donors (Lipinski definition) is 0. The fraction of sp³-hybridized carbons (Fsp3) is 0.364. The van der Waals surface area contributed by atoms with Crippen LogP contribution in [0.1, 0.15) is 45.5 Å². The lowest BCUT2D eigenvalue weighted by Gasteiger charge is -2.28. The average Bonchev–Trinajstić information content (AvgIpc) is 3.27. The molecule has 1 aliphatic carbocycles. The second-order valence-corrected chi connectivity index (χ2v) is 7.46. The lowest BCUT2D eigenvalue weighted by molar-refractivity contribution is 0.0699. The van der Waals surface area contributed by atoms with Crippen LogP contribution in [0.4, 0.5) is 0 Å². The van der Waals surface area contributed by atoms with Crippen LogP contribution in [0.2, 0.25) is 0 Å². The lowest BCUT2D eigenvalue weighted by Crippen LogP contribution is -2.36. The third kappa shape index (κ3) is 2.52. The smallest absolute Gasteiger partial charge is 0.290 e. The highest BCUT2D eigenvalue weighted by atomic mass is 16.4. The molecule has 0 atom stereocenters. The number of amides is 1. The fourth-order valence-corrected chi connectivity index (χ4v) is 4.34. The molecular weight excluding hydrogens is 338 g/mol. The van der Waals surface area contributed by atoms with Gasteiger partial charge in [0.25, 0.3) is 5.91 Å². The average molecular weight is 361 g/mol. The minimum Gasteiger partial charge on any atom is -0.455 e. The van der Waals surface area contributed by atoms with E-state index < -0.39 is 0 Å². The van der Waals surface area contributed by atoms with Crippen LogP contribution in [0.15, 0.2) is 34.9 Å². The molecule has 0 spiro atoms. The highest BCUT2D eigenvalue weighted by molar-refractivity contribution is 5.95. The molecule has 0 saturated heterocycles. The SMILES string of the molecule is CCn1cc2c(n1)-c1c(oc(C(=O)N3CCc4ccccc4C3)c1C)CC2. The van der Waals surface area contributed by atoms with E-state index in [1.165, 1.54) is 16.7 Å². The highest BCUT2D eigenvalue weighted by Crippen LogP contribution is 2.39. The summed E-state index contributed by atoms with van der Waals surface area (Å²) in [5.41, 5.74) is 6.77. The second-order valence-electron chi connectivity index (χ2n) is 7.46. The minimum atomic E-state index is -0.00660. The monoisotopic (exact) mass is 361 g/mol. The maximum atomic E-state index is 13.2. The summed E-state index contributed by atoms with van der Waals surface area (Å²) in [6.45, 7) is 6.31. The van der Waals surface area contributed by atoms with Crippen LogP contribution in [-0.2, 0) is 32.4 Å². The fourth-order valence-electron chi connectivity index (χ4n) is 4.34. The van der Waals surface area contributed by atoms with Crippen molar-refractivity contribution < 1.29 is 9.21 Å². The van der Waals surface area contributed by atoms with E-state index in [1.807, 2.05) is 22.6 Å². The first kappa shape index (κ1) is 16.4. The summed E-state index contributed by atoms with van der Waals surface area (Å²) in [6.07, 6.45) is 4.76. The molecule has 2 aromatic heterocycles. The van der Waals surface area contributed by atoms with E-state index in [1.54, 1.807) is 0 Å². The zero-order chi connectivity index (χ0) is 18.5. The van der Waals surface area contributed by atoms with Gasteiger partial charge in [-0.15, -0.1) is 0 Å². The van der Waals surface area contributed by atoms with Crippen molar-refractivity contribution in [1.82, 2.24) is 14.7 Å². The second kappa shape index (κ2) is 6.12. The minimum absolute atomic E-state index is 0.00660. The Morgan fingerprint density at radius 1 is 1.15 bits per heavy atom. The quantitative estimate of drug-likeness (QED) is 0.698. The molecule has 5 nitrogen and oxygen atoms in total. The van der Waals surface area contributed by atoms with Crippen LogP contribution in [0.3, 0.4) is 0 Å². The number of furan rings is 1. The van der Waals surface area contributed by atoms with Gasteiger partial charge in [-0.3, -0.25) is 9.48 Å². The van der Waals surface area contributed by atoms with Crippen molar-refractivity contribution in [3.63, 3.8) is 0 Å². The van der Waals surface area contributed by atoms with E-state index in [4.69, 9.17) is 9.52 Å². The van der Waals surface area contributed by atoms with E-state index in [2.05, 4.69) is 31.3 Å². The molecule has 0 fully saturated rings. The Labute approximate surface area is 158 Å². The Morgan fingerprint density at radius 2 is 1.96 bits per heavy atom. The summed E-state index contributed by atoms with van der Waals surface area (Å²) in [4.78, 5) is 15.1. The van der Waals surface area contributed by atoms with Gasteiger partial charge in [0.05, 0.1) is 5.69 Å². The summed E-state index contributed by atoms with van der Waals surface area (Å²) in [5.74, 6) is 1.38. The number of fused-ring (bicyclic) bond motifs is 4. The molecule has 2 aliphatic rings. The molecule has 0 saturated carbocycles. The van der Waals surface area contributed by atoms with Gasteiger partial charge in [0.15, 0.2) is 5.76 Å². The molecule has 5 rings (SSSR count). The van der Waals surface area contributed by atoms with E-state index in [0.717, 1.165) is 54.9 Å². The summed E-state index contributed by atoms with van der Waals surface area (Å²) >= 11 is 0. The summed E-state index contributed by atoms with van der Waals surface area (Å²) in [5, 5.41) is 4.72. The molecule has 0 unspecified atom stereocenters. The van der Waals surface area contributed by atoms with E-state index in [-0.39, 0.29) is 5.91 Å². The van der Waals surface area contributed by atoms with Gasteiger partial charge in [-0.25, -0.2) is 0 Å². The molecule has 0 radical (unpaired) electrons. The molecular formula is C22H23N3O2. The number of rotatable bonds is 2. The van der Waals surface area contributed by atoms with Crippen molar-refractivity contribution in [1.29, 1.82) is 0 Å². The van der Waals surface area contributed by atoms with Crippen molar-refractivity contribution in [2.45, 2.75) is 46.2 Å². The zero-order valence-electron chi connectivity index (χ0n) is 15.8. The van der Waals surface area contributed by atoms with Gasteiger partial charge in [0.1, 0.15) is 5.76 Å². The van der Waals surface area contributed by atoms with E-state index in [0.29, 0.717) is 12.3 Å². The van der Waals surface area contributed by atoms with Crippen molar-refractivity contribution in [3.8, 4) is 11.3 Å². The third-order valence-electron chi connectivity index (χ3n) is 5.85. The van der Waals surface area contributed by atoms with Crippen LogP contribution >= 0.6 is 0 Å². The third-order valence-corrected chi connectivity index (χ3v) is 5.85. The van der Waals surface area contributed by atoms with Crippen molar-refractivity contribution in [2.24, 2.45) is 0 Å². The molecule has 0 bridgehead atoms. The Kier molecular flexibility index (Phi) is 3.71. The van der Waals surface area contributed by atoms with Gasteiger partial charge < -0.3 is 9.32 Å². The number of carbonyl (C=O) groups excluding carboxylic acids is 1. The van der Waals surface area contributed by atoms with Crippen LogP contribution in [0.25, 0.3) is 11.3 Å². The number of aromatic nitrogens is 2. The topological polar surface area (TPSA) is 51.3 Å². The maximum Gasteiger partial charge on any atom is 0.290 e. The first-order chi connectivity index (χ1) is 13.2. The van der Waals surface area contributed by atoms with Crippen LogP contribution in [0.5, 0.6) is 0 Å². The number of carbonyl (C=O) groups is 1. The van der Waals surface area contributed by atoms with Gasteiger partial charge in [-0.1, -0.05) is 24.3 Å². The first-order valence-electron chi connectivity index (χ1n) is 9.70. The largest absolute Gasteiger partial charge is 0.455 e. The normalized spacial score (nSPS) is 15.3. The molecule has 5 heteroatoms. The molecule has 3 aromatic rings. The molecule has 27 heavy (non-hydrogen) atoms. The summed E-state index contributed by atoms with van der Waals surface area (Å²) < 4.78 is 8.07. The standard InChI is InChI=1S/C22H23N3O2/c1-3-25-13-17-8-9-18-19(20(17)23-25)14(2)21(27-18)22(26)24-11-10-15-6-4-5-7-16(15)12-24/h4-7,13H,3,8-12H2,1-2H3. The van der Waals surface area contributed by atoms with Crippen LogP contribution < -0.4 is 0 Å². The van der Waals surface area contributed by atoms with Gasteiger partial charge in [-0.2, -0.15) is 5.10 Å². The van der Waals surface area contributed by atoms with Crippen LogP contribution in [0, 0.1) is 6.92 Å². The first-order valence-corrected chi connectivity index (χ1v) is 9.70. The Balaban J connectivity index is 1.50. The van der Waals surface area contributed by atoms with Crippen molar-refractivity contribution in [3.05, 3.63) is 64.2 Å². The van der Waals surface area contributed by atoms with E-state index in [9.17, 15) is 4.79 Å². The van der Waals surface area contributed by atoms with Gasteiger partial charge in [0, 0.05) is 43.4 Å². The molecule has 1 aliphatic heterocycles. The molecule has 138 valence electrons. The molecule has 1 amide bonds. The van der Waals surface area contributed by atoms with Crippen LogP contribution in [-0.4, -0.2) is 27.1 Å². The lowest BCUT2D eigenvalue weighted by atomic mass is 9.93. The molecule has 1 aromatic carbocycles. The van der Waals surface area contributed by atoms with E-state index >= 15 is 0 Å². The Hall–Kier alpha value is -2.82. The highest BCUT2D eigenvalue weighted by Gasteiger charge is 2.32. The number of benzene rings is 1. The number of hydrogen-bond acceptors (Lipinski definition) is 3. The summed E-state index contributed by atoms with van der Waals surface area (Å²) in [6, 6.07) is 8.36. The zero-order valence-corrected chi connectivity index (χ0v) is 15.8. The number of aryl methyl sites for hydroxylation is 3. The maximum absolute atomic E-state index is 13.2. The number of nitrogens with zero attached hydrogens (tertiary/aromatic N) is 3. The molecule has 3 heterocycles. The van der Waals surface area contributed by atoms with Gasteiger partial charge in [-0.05, 0) is 43.4 Å². The van der Waals surface area contributed by atoms with Gasteiger partial charge >= 0.3 is 0 Å². The van der Waals surface area contributed by atoms with Gasteiger partial charge in [0.2, 0.25) is 0 Å². The van der Waals surface area contributed by atoms with Crippen molar-refractivity contribution in [2.75, 3.05) is 6.54 Å². The predicted molar refractivity (Wildman–Crippen MR) is 103 cm³/mol. The summed E-state index contributed by atoms with van der Waals surface area (Å²) in [7, 11) is 0. The Bertz CT molecular complexity index is 1040.